The van der Waals surface area contributed by atoms with Crippen LogP contribution < -0.4 is 10.6 Å². The lowest BCUT2D eigenvalue weighted by molar-refractivity contribution is -0.119. The number of rotatable bonds is 4. The summed E-state index contributed by atoms with van der Waals surface area (Å²) in [6.07, 6.45) is 3.41. The standard InChI is InChI=1S/C11H17N3O/c1-8-7-13-5-4-10(8)14-11(15)9(2)6-12-3/h4-5,7,9,12H,6H2,1-3H3,(H,13,14,15). The second kappa shape index (κ2) is 5.46. The molecule has 0 radical (unpaired) electrons. The van der Waals surface area contributed by atoms with Gasteiger partial charge in [0.1, 0.15) is 0 Å². The maximum absolute atomic E-state index is 11.7. The topological polar surface area (TPSA) is 54.0 Å². The van der Waals surface area contributed by atoms with Crippen LogP contribution in [0.5, 0.6) is 0 Å². The summed E-state index contributed by atoms with van der Waals surface area (Å²) >= 11 is 0. The van der Waals surface area contributed by atoms with Crippen molar-refractivity contribution in [3.63, 3.8) is 0 Å². The molecule has 0 saturated carbocycles. The van der Waals surface area contributed by atoms with Crippen molar-refractivity contribution < 1.29 is 4.79 Å². The third kappa shape index (κ3) is 3.32. The van der Waals surface area contributed by atoms with Gasteiger partial charge in [-0.2, -0.15) is 0 Å². The number of hydrogen-bond donors (Lipinski definition) is 2. The Morgan fingerprint density at radius 3 is 2.93 bits per heavy atom. The van der Waals surface area contributed by atoms with Gasteiger partial charge in [0.25, 0.3) is 0 Å². The normalized spacial score (nSPS) is 12.2. The molecule has 15 heavy (non-hydrogen) atoms. The van der Waals surface area contributed by atoms with Gasteiger partial charge in [-0.25, -0.2) is 0 Å². The number of carbonyl (C=O) groups is 1. The highest BCUT2D eigenvalue weighted by Gasteiger charge is 2.12. The molecule has 1 rings (SSSR count). The van der Waals surface area contributed by atoms with Crippen LogP contribution in [0.1, 0.15) is 12.5 Å². The lowest BCUT2D eigenvalue weighted by Crippen LogP contribution is -2.28. The number of hydrogen-bond acceptors (Lipinski definition) is 3. The Hall–Kier alpha value is -1.42. The van der Waals surface area contributed by atoms with Gasteiger partial charge in [-0.15, -0.1) is 0 Å². The van der Waals surface area contributed by atoms with E-state index in [0.29, 0.717) is 6.54 Å². The number of amides is 1. The Labute approximate surface area is 90.1 Å². The van der Waals surface area contributed by atoms with Gasteiger partial charge in [-0.05, 0) is 25.6 Å². The van der Waals surface area contributed by atoms with E-state index in [9.17, 15) is 4.79 Å². The minimum atomic E-state index is -0.0393. The third-order valence-electron chi connectivity index (χ3n) is 2.24. The van der Waals surface area contributed by atoms with Gasteiger partial charge in [0.2, 0.25) is 5.91 Å². The van der Waals surface area contributed by atoms with Gasteiger partial charge in [-0.3, -0.25) is 9.78 Å². The van der Waals surface area contributed by atoms with Crippen LogP contribution in [0.4, 0.5) is 5.69 Å². The smallest absolute Gasteiger partial charge is 0.228 e. The molecule has 0 fully saturated rings. The van der Waals surface area contributed by atoms with Gasteiger partial charge < -0.3 is 10.6 Å². The van der Waals surface area contributed by atoms with E-state index in [1.165, 1.54) is 0 Å². The molecule has 4 heteroatoms. The van der Waals surface area contributed by atoms with Gasteiger partial charge in [0, 0.05) is 30.5 Å². The molecule has 0 aromatic carbocycles. The maximum Gasteiger partial charge on any atom is 0.228 e. The molecule has 4 nitrogen and oxygen atoms in total. The van der Waals surface area contributed by atoms with E-state index in [4.69, 9.17) is 0 Å². The number of nitrogens with zero attached hydrogens (tertiary/aromatic N) is 1. The van der Waals surface area contributed by atoms with Crippen molar-refractivity contribution in [3.8, 4) is 0 Å². The van der Waals surface area contributed by atoms with E-state index in [-0.39, 0.29) is 11.8 Å². The van der Waals surface area contributed by atoms with Crippen molar-refractivity contribution in [3.05, 3.63) is 24.0 Å². The minimum Gasteiger partial charge on any atom is -0.325 e. The quantitative estimate of drug-likeness (QED) is 0.779. The molecular weight excluding hydrogens is 190 g/mol. The van der Waals surface area contributed by atoms with Crippen LogP contribution in [0, 0.1) is 12.8 Å². The van der Waals surface area contributed by atoms with E-state index in [1.54, 1.807) is 18.5 Å². The summed E-state index contributed by atoms with van der Waals surface area (Å²) in [7, 11) is 1.83. The Balaban J connectivity index is 2.62. The first-order chi connectivity index (χ1) is 7.15. The first-order valence-electron chi connectivity index (χ1n) is 5.01. The zero-order chi connectivity index (χ0) is 11.3. The molecule has 1 unspecified atom stereocenters. The van der Waals surface area contributed by atoms with Crippen molar-refractivity contribution >= 4 is 11.6 Å². The first-order valence-corrected chi connectivity index (χ1v) is 5.01. The zero-order valence-corrected chi connectivity index (χ0v) is 9.37. The second-order valence-electron chi connectivity index (χ2n) is 3.64. The molecular formula is C11H17N3O. The van der Waals surface area contributed by atoms with Crippen LogP contribution in [0.25, 0.3) is 0 Å². The largest absolute Gasteiger partial charge is 0.325 e. The molecule has 1 amide bonds. The van der Waals surface area contributed by atoms with Crippen LogP contribution in [0.2, 0.25) is 0 Å². The molecule has 0 aliphatic carbocycles. The van der Waals surface area contributed by atoms with Crippen LogP contribution in [-0.4, -0.2) is 24.5 Å². The van der Waals surface area contributed by atoms with E-state index >= 15 is 0 Å². The van der Waals surface area contributed by atoms with Crippen LogP contribution >= 0.6 is 0 Å². The maximum atomic E-state index is 11.7. The molecule has 0 aliphatic rings. The number of aryl methyl sites for hydroxylation is 1. The molecule has 82 valence electrons. The van der Waals surface area contributed by atoms with Crippen molar-refractivity contribution in [2.45, 2.75) is 13.8 Å². The summed E-state index contributed by atoms with van der Waals surface area (Å²) in [5.74, 6) is -0.0128. The highest BCUT2D eigenvalue weighted by Crippen LogP contribution is 2.12. The SMILES string of the molecule is CNCC(C)C(=O)Nc1ccncc1C. The highest BCUT2D eigenvalue weighted by atomic mass is 16.1. The summed E-state index contributed by atoms with van der Waals surface area (Å²) in [6, 6.07) is 1.80. The molecule has 1 heterocycles. The summed E-state index contributed by atoms with van der Waals surface area (Å²) in [5.41, 5.74) is 1.81. The van der Waals surface area contributed by atoms with Crippen LogP contribution in [0.3, 0.4) is 0 Å². The van der Waals surface area contributed by atoms with Gasteiger partial charge in [0.05, 0.1) is 0 Å². The van der Waals surface area contributed by atoms with Crippen LogP contribution in [-0.2, 0) is 4.79 Å². The molecule has 0 spiro atoms. The summed E-state index contributed by atoms with van der Waals surface area (Å²) in [6.45, 7) is 4.49. The molecule has 0 saturated heterocycles. The summed E-state index contributed by atoms with van der Waals surface area (Å²) in [4.78, 5) is 15.7. The third-order valence-corrected chi connectivity index (χ3v) is 2.24. The molecule has 0 aliphatic heterocycles. The Morgan fingerprint density at radius 2 is 2.33 bits per heavy atom. The fourth-order valence-electron chi connectivity index (χ4n) is 1.27. The average molecular weight is 207 g/mol. The molecule has 0 bridgehead atoms. The summed E-state index contributed by atoms with van der Waals surface area (Å²) < 4.78 is 0. The first kappa shape index (κ1) is 11.7. The van der Waals surface area contributed by atoms with E-state index in [1.807, 2.05) is 20.9 Å². The zero-order valence-electron chi connectivity index (χ0n) is 9.37. The minimum absolute atomic E-state index is 0.0265. The Bertz CT molecular complexity index is 338. The molecule has 1 atom stereocenters. The van der Waals surface area contributed by atoms with Crippen molar-refractivity contribution in [2.75, 3.05) is 18.9 Å². The monoisotopic (exact) mass is 207 g/mol. The lowest BCUT2D eigenvalue weighted by atomic mass is 10.1. The van der Waals surface area contributed by atoms with Gasteiger partial charge >= 0.3 is 0 Å². The Morgan fingerprint density at radius 1 is 1.60 bits per heavy atom. The number of nitrogens with one attached hydrogen (secondary N) is 2. The molecule has 1 aromatic heterocycles. The van der Waals surface area contributed by atoms with Crippen LogP contribution in [0.15, 0.2) is 18.5 Å². The molecule has 1 aromatic rings. The fourth-order valence-corrected chi connectivity index (χ4v) is 1.27. The van der Waals surface area contributed by atoms with E-state index < -0.39 is 0 Å². The Kier molecular flexibility index (Phi) is 4.24. The number of anilines is 1. The van der Waals surface area contributed by atoms with E-state index in [2.05, 4.69) is 15.6 Å². The number of pyridine rings is 1. The highest BCUT2D eigenvalue weighted by molar-refractivity contribution is 5.93. The van der Waals surface area contributed by atoms with Crippen molar-refractivity contribution in [1.82, 2.24) is 10.3 Å². The van der Waals surface area contributed by atoms with Crippen molar-refractivity contribution in [1.29, 1.82) is 0 Å². The predicted molar refractivity (Wildman–Crippen MR) is 60.7 cm³/mol. The predicted octanol–water partition coefficient (Wildman–Crippen LogP) is 1.18. The van der Waals surface area contributed by atoms with Crippen molar-refractivity contribution in [2.24, 2.45) is 5.92 Å². The lowest BCUT2D eigenvalue weighted by Gasteiger charge is -2.12. The summed E-state index contributed by atoms with van der Waals surface area (Å²) in [5, 5.41) is 5.85. The second-order valence-corrected chi connectivity index (χ2v) is 3.64. The number of aromatic nitrogens is 1. The molecule has 2 N–H and O–H groups in total. The van der Waals surface area contributed by atoms with Gasteiger partial charge in [-0.1, -0.05) is 6.92 Å². The fraction of sp³-hybridized carbons (Fsp3) is 0.455. The number of carbonyl (C=O) groups excluding carboxylic acids is 1. The van der Waals surface area contributed by atoms with Gasteiger partial charge in [0.15, 0.2) is 0 Å². The average Bonchev–Trinajstić information content (AvgIpc) is 2.21. The van der Waals surface area contributed by atoms with E-state index in [0.717, 1.165) is 11.3 Å².